The maximum Gasteiger partial charge on any atom is 0.354 e. The van der Waals surface area contributed by atoms with Gasteiger partial charge in [0.05, 0.1) is 6.20 Å². The first-order valence-electron chi connectivity index (χ1n) is 6.96. The number of aromatic nitrogens is 2. The van der Waals surface area contributed by atoms with Crippen molar-refractivity contribution in [2.45, 2.75) is 12.6 Å². The van der Waals surface area contributed by atoms with E-state index in [-0.39, 0.29) is 11.8 Å². The van der Waals surface area contributed by atoms with E-state index in [1.165, 1.54) is 6.20 Å². The number of carboxylic acids is 1. The van der Waals surface area contributed by atoms with Crippen molar-refractivity contribution < 1.29 is 19.4 Å². The second-order valence-electron chi connectivity index (χ2n) is 5.27. The summed E-state index contributed by atoms with van der Waals surface area (Å²) in [5, 5.41) is 15.3. The van der Waals surface area contributed by atoms with Gasteiger partial charge in [0.2, 0.25) is 0 Å². The minimum atomic E-state index is -1.01. The normalized spacial score (nSPS) is 16.7. The summed E-state index contributed by atoms with van der Waals surface area (Å²) in [6.45, 7) is 1.57. The Balaban J connectivity index is 1.60. The molecule has 1 atom stereocenters. The minimum Gasteiger partial charge on any atom is -0.486 e. The molecule has 7 heteroatoms. The first kappa shape index (κ1) is 14.4. The van der Waals surface area contributed by atoms with Crippen molar-refractivity contribution in [3.63, 3.8) is 0 Å². The standard InChI is InChI=1S/C15H17N3O4/c1-18(7-10-6-16-17-14(10)15(19)20)8-11-9-21-12-4-2-3-5-13(12)22-11/h2-6,11H,7-9H2,1H3,(H,16,17)(H,19,20). The molecule has 22 heavy (non-hydrogen) atoms. The van der Waals surface area contributed by atoms with E-state index in [0.717, 1.165) is 11.5 Å². The van der Waals surface area contributed by atoms with Gasteiger partial charge in [-0.25, -0.2) is 4.79 Å². The van der Waals surface area contributed by atoms with Crippen LogP contribution < -0.4 is 9.47 Å². The second-order valence-corrected chi connectivity index (χ2v) is 5.27. The number of carbonyl (C=O) groups is 1. The molecule has 1 aliphatic heterocycles. The molecule has 3 rings (SSSR count). The van der Waals surface area contributed by atoms with Crippen molar-refractivity contribution in [3.05, 3.63) is 41.7 Å². The molecule has 1 aromatic heterocycles. The molecule has 0 saturated carbocycles. The molecule has 0 fully saturated rings. The highest BCUT2D eigenvalue weighted by atomic mass is 16.6. The highest BCUT2D eigenvalue weighted by molar-refractivity contribution is 5.86. The molecule has 116 valence electrons. The molecular formula is C15H17N3O4. The Morgan fingerprint density at radius 1 is 1.45 bits per heavy atom. The van der Waals surface area contributed by atoms with Gasteiger partial charge in [-0.3, -0.25) is 10.00 Å². The lowest BCUT2D eigenvalue weighted by atomic mass is 10.2. The van der Waals surface area contributed by atoms with E-state index in [1.54, 1.807) is 0 Å². The lowest BCUT2D eigenvalue weighted by Crippen LogP contribution is -2.39. The number of benzene rings is 1. The Morgan fingerprint density at radius 3 is 3.00 bits per heavy atom. The van der Waals surface area contributed by atoms with Crippen LogP contribution in [0.1, 0.15) is 16.1 Å². The Morgan fingerprint density at radius 2 is 2.23 bits per heavy atom. The lowest BCUT2D eigenvalue weighted by molar-refractivity contribution is 0.0630. The number of nitrogens with one attached hydrogen (secondary N) is 1. The van der Waals surface area contributed by atoms with Gasteiger partial charge in [0.15, 0.2) is 11.5 Å². The number of rotatable bonds is 5. The van der Waals surface area contributed by atoms with Crippen LogP contribution in [0.5, 0.6) is 11.5 Å². The van der Waals surface area contributed by atoms with Gasteiger partial charge in [0, 0.05) is 18.7 Å². The van der Waals surface area contributed by atoms with E-state index >= 15 is 0 Å². The monoisotopic (exact) mass is 303 g/mol. The third-order valence-corrected chi connectivity index (χ3v) is 3.45. The molecular weight excluding hydrogens is 286 g/mol. The van der Waals surface area contributed by atoms with Crippen LogP contribution in [0.2, 0.25) is 0 Å². The Hall–Kier alpha value is -2.54. The minimum absolute atomic E-state index is 0.0971. The number of aromatic carboxylic acids is 1. The van der Waals surface area contributed by atoms with Crippen LogP contribution in [0, 0.1) is 0 Å². The average Bonchev–Trinajstić information content (AvgIpc) is 2.95. The number of aromatic amines is 1. The Kier molecular flexibility index (Phi) is 3.97. The molecule has 1 unspecified atom stereocenters. The van der Waals surface area contributed by atoms with Crippen LogP contribution in [-0.4, -0.2) is 52.5 Å². The number of carboxylic acid groups (broad SMARTS) is 1. The fraction of sp³-hybridized carbons (Fsp3) is 0.333. The first-order chi connectivity index (χ1) is 10.6. The van der Waals surface area contributed by atoms with Crippen LogP contribution in [0.25, 0.3) is 0 Å². The Labute approximate surface area is 127 Å². The molecule has 2 N–H and O–H groups in total. The maximum absolute atomic E-state index is 11.1. The van der Waals surface area contributed by atoms with Crippen molar-refractivity contribution in [1.82, 2.24) is 15.1 Å². The number of fused-ring (bicyclic) bond motifs is 1. The van der Waals surface area contributed by atoms with Crippen LogP contribution >= 0.6 is 0 Å². The number of hydrogen-bond acceptors (Lipinski definition) is 5. The molecule has 2 aromatic rings. The summed E-state index contributed by atoms with van der Waals surface area (Å²) in [7, 11) is 1.91. The smallest absolute Gasteiger partial charge is 0.354 e. The molecule has 1 aromatic carbocycles. The summed E-state index contributed by atoms with van der Waals surface area (Å²) in [6, 6.07) is 7.56. The molecule has 0 bridgehead atoms. The van der Waals surface area contributed by atoms with Crippen LogP contribution in [0.4, 0.5) is 0 Å². The van der Waals surface area contributed by atoms with E-state index in [2.05, 4.69) is 10.2 Å². The van der Waals surface area contributed by atoms with E-state index in [4.69, 9.17) is 14.6 Å². The van der Waals surface area contributed by atoms with Gasteiger partial charge >= 0.3 is 5.97 Å². The predicted octanol–water partition coefficient (Wildman–Crippen LogP) is 1.38. The van der Waals surface area contributed by atoms with Crippen molar-refractivity contribution in [1.29, 1.82) is 0 Å². The highest BCUT2D eigenvalue weighted by Crippen LogP contribution is 2.31. The number of H-pyrrole nitrogens is 1. The molecule has 0 spiro atoms. The quantitative estimate of drug-likeness (QED) is 0.867. The zero-order valence-corrected chi connectivity index (χ0v) is 12.2. The molecule has 0 saturated heterocycles. The number of ether oxygens (including phenoxy) is 2. The topological polar surface area (TPSA) is 87.7 Å². The highest BCUT2D eigenvalue weighted by Gasteiger charge is 2.23. The lowest BCUT2D eigenvalue weighted by Gasteiger charge is -2.29. The summed E-state index contributed by atoms with van der Waals surface area (Å²) in [5.74, 6) is 0.484. The summed E-state index contributed by atoms with van der Waals surface area (Å²) in [5.41, 5.74) is 0.769. The van der Waals surface area contributed by atoms with E-state index in [1.807, 2.05) is 36.2 Å². The van der Waals surface area contributed by atoms with Crippen molar-refractivity contribution in [2.24, 2.45) is 0 Å². The molecule has 7 nitrogen and oxygen atoms in total. The summed E-state index contributed by atoms with van der Waals surface area (Å²) in [4.78, 5) is 13.0. The van der Waals surface area contributed by atoms with Crippen molar-refractivity contribution >= 4 is 5.97 Å². The largest absolute Gasteiger partial charge is 0.486 e. The molecule has 2 heterocycles. The van der Waals surface area contributed by atoms with Crippen LogP contribution in [0.15, 0.2) is 30.5 Å². The van der Waals surface area contributed by atoms with Gasteiger partial charge in [0.1, 0.15) is 18.4 Å². The zero-order chi connectivity index (χ0) is 15.5. The van der Waals surface area contributed by atoms with Gasteiger partial charge < -0.3 is 14.6 Å². The molecule has 1 aliphatic rings. The maximum atomic E-state index is 11.1. The first-order valence-corrected chi connectivity index (χ1v) is 6.96. The number of hydrogen-bond donors (Lipinski definition) is 2. The van der Waals surface area contributed by atoms with E-state index in [9.17, 15) is 4.79 Å². The molecule has 0 aliphatic carbocycles. The van der Waals surface area contributed by atoms with Crippen LogP contribution in [0.3, 0.4) is 0 Å². The van der Waals surface area contributed by atoms with E-state index < -0.39 is 5.97 Å². The third kappa shape index (κ3) is 3.04. The van der Waals surface area contributed by atoms with Gasteiger partial charge in [-0.2, -0.15) is 5.10 Å². The third-order valence-electron chi connectivity index (χ3n) is 3.45. The number of nitrogens with zero attached hydrogens (tertiary/aromatic N) is 2. The summed E-state index contributed by atoms with van der Waals surface area (Å²) >= 11 is 0. The van der Waals surface area contributed by atoms with Crippen molar-refractivity contribution in [3.8, 4) is 11.5 Å². The van der Waals surface area contributed by atoms with Gasteiger partial charge in [-0.1, -0.05) is 12.1 Å². The van der Waals surface area contributed by atoms with Gasteiger partial charge in [-0.15, -0.1) is 0 Å². The number of likely N-dealkylation sites (N-methyl/N-ethyl adjacent to an activating group) is 1. The zero-order valence-electron chi connectivity index (χ0n) is 12.2. The average molecular weight is 303 g/mol. The number of para-hydroxylation sites is 2. The fourth-order valence-corrected chi connectivity index (χ4v) is 2.47. The summed E-state index contributed by atoms with van der Waals surface area (Å²) < 4.78 is 11.6. The van der Waals surface area contributed by atoms with Crippen molar-refractivity contribution in [2.75, 3.05) is 20.2 Å². The predicted molar refractivity (Wildman–Crippen MR) is 78.2 cm³/mol. The van der Waals surface area contributed by atoms with Crippen LogP contribution in [-0.2, 0) is 6.54 Å². The SMILES string of the molecule is CN(Cc1cn[nH]c1C(=O)O)CC1COc2ccccc2O1. The molecule has 0 amide bonds. The second kappa shape index (κ2) is 6.07. The van der Waals surface area contributed by atoms with E-state index in [0.29, 0.717) is 25.3 Å². The fourth-order valence-electron chi connectivity index (χ4n) is 2.47. The van der Waals surface area contributed by atoms with Gasteiger partial charge in [0.25, 0.3) is 0 Å². The van der Waals surface area contributed by atoms with Gasteiger partial charge in [-0.05, 0) is 19.2 Å². The summed E-state index contributed by atoms with van der Waals surface area (Å²) in [6.07, 6.45) is 1.44. The molecule has 0 radical (unpaired) electrons. The Bertz CT molecular complexity index is 670.